The fourth-order valence-electron chi connectivity index (χ4n) is 2.62. The third-order valence-electron chi connectivity index (χ3n) is 3.64. The van der Waals surface area contributed by atoms with E-state index >= 15 is 0 Å². The number of aryl methyl sites for hydroxylation is 1. The number of nitrogens with one attached hydrogen (secondary N) is 1. The lowest BCUT2D eigenvalue weighted by atomic mass is 10.0. The first kappa shape index (κ1) is 9.91. The number of hydrogen-bond acceptors (Lipinski definition) is 1. The van der Waals surface area contributed by atoms with E-state index < -0.39 is 0 Å². The topological polar surface area (TPSA) is 19.0 Å². The van der Waals surface area contributed by atoms with Crippen LogP contribution in [0.15, 0.2) is 18.2 Å². The van der Waals surface area contributed by atoms with Gasteiger partial charge in [0.05, 0.1) is 0 Å². The standard InChI is InChI=1S/C14H18N2/c1-3-10-4-5-11-12-9-16(2)7-6-13(12)15-14(11)8-10/h4-5,8,15H,3,6-7,9H2,1-2H3. The highest BCUT2D eigenvalue weighted by Crippen LogP contribution is 2.27. The Hall–Kier alpha value is -1.28. The van der Waals surface area contributed by atoms with Gasteiger partial charge in [-0.1, -0.05) is 19.1 Å². The number of hydrogen-bond donors (Lipinski definition) is 1. The van der Waals surface area contributed by atoms with E-state index in [1.165, 1.54) is 34.3 Å². The molecule has 0 bridgehead atoms. The zero-order chi connectivity index (χ0) is 11.1. The Morgan fingerprint density at radius 2 is 2.25 bits per heavy atom. The van der Waals surface area contributed by atoms with Crippen LogP contribution in [0, 0.1) is 0 Å². The molecular formula is C14H18N2. The highest BCUT2D eigenvalue weighted by molar-refractivity contribution is 5.85. The van der Waals surface area contributed by atoms with Crippen molar-refractivity contribution in [2.24, 2.45) is 0 Å². The Morgan fingerprint density at radius 3 is 3.06 bits per heavy atom. The maximum absolute atomic E-state index is 3.58. The first-order chi connectivity index (χ1) is 7.78. The number of H-pyrrole nitrogens is 1. The van der Waals surface area contributed by atoms with Crippen LogP contribution in [0.3, 0.4) is 0 Å². The van der Waals surface area contributed by atoms with Gasteiger partial charge < -0.3 is 9.88 Å². The van der Waals surface area contributed by atoms with Gasteiger partial charge in [0.15, 0.2) is 0 Å². The van der Waals surface area contributed by atoms with E-state index in [2.05, 4.69) is 42.1 Å². The van der Waals surface area contributed by atoms with Crippen molar-refractivity contribution in [2.75, 3.05) is 13.6 Å². The van der Waals surface area contributed by atoms with Crippen LogP contribution in [0.5, 0.6) is 0 Å². The van der Waals surface area contributed by atoms with E-state index in [0.717, 1.165) is 19.4 Å². The van der Waals surface area contributed by atoms with E-state index in [1.54, 1.807) is 0 Å². The molecule has 1 aliphatic heterocycles. The molecule has 3 rings (SSSR count). The van der Waals surface area contributed by atoms with Crippen molar-refractivity contribution in [2.45, 2.75) is 26.3 Å². The lowest BCUT2D eigenvalue weighted by Gasteiger charge is -2.22. The monoisotopic (exact) mass is 214 g/mol. The molecule has 1 aromatic carbocycles. The smallest absolute Gasteiger partial charge is 0.0462 e. The van der Waals surface area contributed by atoms with Crippen molar-refractivity contribution < 1.29 is 0 Å². The Morgan fingerprint density at radius 1 is 1.38 bits per heavy atom. The fourth-order valence-corrected chi connectivity index (χ4v) is 2.62. The van der Waals surface area contributed by atoms with Crippen molar-refractivity contribution in [1.82, 2.24) is 9.88 Å². The van der Waals surface area contributed by atoms with Crippen LogP contribution in [0.1, 0.15) is 23.7 Å². The Kier molecular flexibility index (Phi) is 2.25. The molecule has 0 radical (unpaired) electrons. The maximum Gasteiger partial charge on any atom is 0.0462 e. The Labute approximate surface area is 96.3 Å². The number of likely N-dealkylation sites (N-methyl/N-ethyl adjacent to an activating group) is 1. The molecule has 0 saturated carbocycles. The maximum atomic E-state index is 3.58. The molecule has 1 aromatic heterocycles. The third kappa shape index (κ3) is 1.45. The molecule has 2 heterocycles. The fraction of sp³-hybridized carbons (Fsp3) is 0.429. The van der Waals surface area contributed by atoms with Crippen molar-refractivity contribution in [1.29, 1.82) is 0 Å². The van der Waals surface area contributed by atoms with Crippen molar-refractivity contribution >= 4 is 10.9 Å². The summed E-state index contributed by atoms with van der Waals surface area (Å²) >= 11 is 0. The van der Waals surface area contributed by atoms with Crippen LogP contribution in [0.4, 0.5) is 0 Å². The largest absolute Gasteiger partial charge is 0.358 e. The molecule has 2 heteroatoms. The molecule has 0 saturated heterocycles. The summed E-state index contributed by atoms with van der Waals surface area (Å²) in [6, 6.07) is 6.83. The number of aromatic nitrogens is 1. The predicted octanol–water partition coefficient (Wildman–Crippen LogP) is 2.72. The zero-order valence-electron chi connectivity index (χ0n) is 10.0. The van der Waals surface area contributed by atoms with Gasteiger partial charge in [-0.15, -0.1) is 0 Å². The molecule has 0 spiro atoms. The quantitative estimate of drug-likeness (QED) is 0.773. The molecule has 0 fully saturated rings. The molecule has 2 aromatic rings. The number of aromatic amines is 1. The molecule has 1 N–H and O–H groups in total. The van der Waals surface area contributed by atoms with Gasteiger partial charge in [-0.05, 0) is 30.7 Å². The van der Waals surface area contributed by atoms with Crippen LogP contribution in [-0.2, 0) is 19.4 Å². The van der Waals surface area contributed by atoms with Gasteiger partial charge in [-0.2, -0.15) is 0 Å². The van der Waals surface area contributed by atoms with E-state index in [1.807, 2.05) is 0 Å². The summed E-state index contributed by atoms with van der Waals surface area (Å²) in [5.41, 5.74) is 5.69. The van der Waals surface area contributed by atoms with Gasteiger partial charge in [0, 0.05) is 36.1 Å². The summed E-state index contributed by atoms with van der Waals surface area (Å²) < 4.78 is 0. The molecule has 0 aliphatic carbocycles. The second kappa shape index (κ2) is 3.63. The van der Waals surface area contributed by atoms with Crippen LogP contribution < -0.4 is 0 Å². The summed E-state index contributed by atoms with van der Waals surface area (Å²) in [5.74, 6) is 0. The SMILES string of the molecule is CCc1ccc2c3c([nH]c2c1)CCN(C)C3. The number of benzene rings is 1. The molecule has 0 amide bonds. The van der Waals surface area contributed by atoms with E-state index in [9.17, 15) is 0 Å². The summed E-state index contributed by atoms with van der Waals surface area (Å²) in [4.78, 5) is 5.98. The van der Waals surface area contributed by atoms with Crippen molar-refractivity contribution in [3.05, 3.63) is 35.0 Å². The van der Waals surface area contributed by atoms with Gasteiger partial charge >= 0.3 is 0 Å². The summed E-state index contributed by atoms with van der Waals surface area (Å²) in [7, 11) is 2.20. The molecular weight excluding hydrogens is 196 g/mol. The average Bonchev–Trinajstić information content (AvgIpc) is 2.66. The highest BCUT2D eigenvalue weighted by Gasteiger charge is 2.17. The van der Waals surface area contributed by atoms with Crippen LogP contribution in [-0.4, -0.2) is 23.5 Å². The van der Waals surface area contributed by atoms with Crippen molar-refractivity contribution in [3.63, 3.8) is 0 Å². The van der Waals surface area contributed by atoms with E-state index in [4.69, 9.17) is 0 Å². The van der Waals surface area contributed by atoms with Gasteiger partial charge in [0.1, 0.15) is 0 Å². The molecule has 1 aliphatic rings. The number of rotatable bonds is 1. The first-order valence-electron chi connectivity index (χ1n) is 6.09. The van der Waals surface area contributed by atoms with E-state index in [-0.39, 0.29) is 0 Å². The van der Waals surface area contributed by atoms with Crippen LogP contribution in [0.25, 0.3) is 10.9 Å². The molecule has 2 nitrogen and oxygen atoms in total. The summed E-state index contributed by atoms with van der Waals surface area (Å²) in [6.45, 7) is 4.46. The molecule has 84 valence electrons. The van der Waals surface area contributed by atoms with Gasteiger partial charge in [0.25, 0.3) is 0 Å². The third-order valence-corrected chi connectivity index (χ3v) is 3.64. The Balaban J connectivity index is 2.17. The Bertz CT molecular complexity index is 525. The van der Waals surface area contributed by atoms with Gasteiger partial charge in [-0.3, -0.25) is 0 Å². The number of nitrogens with zero attached hydrogens (tertiary/aromatic N) is 1. The lowest BCUT2D eigenvalue weighted by Crippen LogP contribution is -2.25. The average molecular weight is 214 g/mol. The predicted molar refractivity (Wildman–Crippen MR) is 67.7 cm³/mol. The molecule has 16 heavy (non-hydrogen) atoms. The summed E-state index contributed by atoms with van der Waals surface area (Å²) in [6.07, 6.45) is 2.27. The molecule has 0 unspecified atom stereocenters. The second-order valence-corrected chi connectivity index (χ2v) is 4.80. The summed E-state index contributed by atoms with van der Waals surface area (Å²) in [5, 5.41) is 1.42. The van der Waals surface area contributed by atoms with E-state index in [0.29, 0.717) is 0 Å². The highest BCUT2D eigenvalue weighted by atomic mass is 15.1. The minimum absolute atomic E-state index is 1.08. The molecule has 0 atom stereocenters. The van der Waals surface area contributed by atoms with Crippen molar-refractivity contribution in [3.8, 4) is 0 Å². The van der Waals surface area contributed by atoms with Crippen LogP contribution >= 0.6 is 0 Å². The first-order valence-corrected chi connectivity index (χ1v) is 6.09. The normalized spacial score (nSPS) is 16.6. The minimum Gasteiger partial charge on any atom is -0.358 e. The second-order valence-electron chi connectivity index (χ2n) is 4.80. The minimum atomic E-state index is 1.08. The lowest BCUT2D eigenvalue weighted by molar-refractivity contribution is 0.313. The number of fused-ring (bicyclic) bond motifs is 3. The van der Waals surface area contributed by atoms with Gasteiger partial charge in [-0.25, -0.2) is 0 Å². The van der Waals surface area contributed by atoms with Gasteiger partial charge in [0.2, 0.25) is 0 Å². The van der Waals surface area contributed by atoms with Crippen LogP contribution in [0.2, 0.25) is 0 Å². The zero-order valence-corrected chi connectivity index (χ0v) is 10.0.